The van der Waals surface area contributed by atoms with Gasteiger partial charge in [0.25, 0.3) is 0 Å². The van der Waals surface area contributed by atoms with Crippen LogP contribution >= 0.6 is 0 Å². The summed E-state index contributed by atoms with van der Waals surface area (Å²) in [5, 5.41) is 9.70. The van der Waals surface area contributed by atoms with Crippen LogP contribution in [0.5, 0.6) is 0 Å². The summed E-state index contributed by atoms with van der Waals surface area (Å²) in [5.41, 5.74) is 5.55. The van der Waals surface area contributed by atoms with E-state index in [4.69, 9.17) is 9.72 Å². The third kappa shape index (κ3) is 4.51. The van der Waals surface area contributed by atoms with Crippen molar-refractivity contribution in [3.8, 4) is 0 Å². The molecule has 1 saturated carbocycles. The van der Waals surface area contributed by atoms with Crippen LogP contribution < -0.4 is 0 Å². The van der Waals surface area contributed by atoms with Crippen LogP contribution in [0.3, 0.4) is 0 Å². The molecule has 1 unspecified atom stereocenters. The first-order valence-corrected chi connectivity index (χ1v) is 12.6. The number of carbonyl (C=O) groups is 2. The highest BCUT2D eigenvalue weighted by Crippen LogP contribution is 2.40. The van der Waals surface area contributed by atoms with E-state index in [1.54, 1.807) is 4.90 Å². The third-order valence-electron chi connectivity index (χ3n) is 7.73. The molecule has 5 rings (SSSR count). The number of benzene rings is 2. The second-order valence-electron chi connectivity index (χ2n) is 9.99. The Morgan fingerprint density at radius 1 is 1.17 bits per heavy atom. The van der Waals surface area contributed by atoms with Gasteiger partial charge in [0.15, 0.2) is 0 Å². The van der Waals surface area contributed by atoms with Crippen molar-refractivity contribution in [1.29, 1.82) is 0 Å². The lowest BCUT2D eigenvalue weighted by molar-refractivity contribution is -0.143. The zero-order valence-electron chi connectivity index (χ0n) is 20.4. The highest BCUT2D eigenvalue weighted by molar-refractivity contribution is 5.82. The van der Waals surface area contributed by atoms with Gasteiger partial charge >= 0.3 is 12.1 Å². The molecule has 7 heteroatoms. The average molecular weight is 476 g/mol. The molecule has 0 radical (unpaired) electrons. The molecule has 1 N–H and O–H groups in total. The van der Waals surface area contributed by atoms with Crippen molar-refractivity contribution < 1.29 is 19.4 Å². The summed E-state index contributed by atoms with van der Waals surface area (Å²) in [5.74, 6) is 0.0559. The van der Waals surface area contributed by atoms with Crippen LogP contribution in [0, 0.1) is 5.92 Å². The van der Waals surface area contributed by atoms with E-state index in [9.17, 15) is 14.7 Å². The fourth-order valence-electron chi connectivity index (χ4n) is 5.94. The number of nitrogens with zero attached hydrogens (tertiary/aromatic N) is 3. The number of hydrogen-bond acceptors (Lipinski definition) is 4. The first-order valence-electron chi connectivity index (χ1n) is 12.6. The molecule has 1 amide bonds. The molecule has 1 aliphatic heterocycles. The Hall–Kier alpha value is -3.35. The van der Waals surface area contributed by atoms with Gasteiger partial charge in [0.2, 0.25) is 0 Å². The molecule has 1 fully saturated rings. The van der Waals surface area contributed by atoms with Crippen molar-refractivity contribution in [2.45, 2.75) is 64.0 Å². The SMILES string of the molecule is COC(=O)N1CCc2ccc3c(nc(C4CCC[C@H](C(=O)O)C4)n3[C@H](C)Cc3ccccc3)c2C1. The number of carboxylic acid groups (broad SMARTS) is 1. The second-order valence-corrected chi connectivity index (χ2v) is 9.99. The molecular weight excluding hydrogens is 442 g/mol. The number of carboxylic acids is 1. The molecule has 0 bridgehead atoms. The van der Waals surface area contributed by atoms with Crippen molar-refractivity contribution in [3.63, 3.8) is 0 Å². The Labute approximate surface area is 205 Å². The Balaban J connectivity index is 1.60. The van der Waals surface area contributed by atoms with Crippen LogP contribution in [0.2, 0.25) is 0 Å². The fraction of sp³-hybridized carbons (Fsp3) is 0.464. The number of rotatable bonds is 5. The lowest BCUT2D eigenvalue weighted by Gasteiger charge is -2.28. The predicted octanol–water partition coefficient (Wildman–Crippen LogP) is 5.32. The van der Waals surface area contributed by atoms with E-state index in [1.165, 1.54) is 18.2 Å². The van der Waals surface area contributed by atoms with E-state index in [-0.39, 0.29) is 24.0 Å². The van der Waals surface area contributed by atoms with Gasteiger partial charge in [-0.25, -0.2) is 9.78 Å². The highest BCUT2D eigenvalue weighted by Gasteiger charge is 2.33. The molecular formula is C28H33N3O4. The van der Waals surface area contributed by atoms with Gasteiger partial charge < -0.3 is 19.3 Å². The summed E-state index contributed by atoms with van der Waals surface area (Å²) in [4.78, 5) is 31.0. The minimum Gasteiger partial charge on any atom is -0.481 e. The summed E-state index contributed by atoms with van der Waals surface area (Å²) in [6.45, 7) is 3.33. The first kappa shape index (κ1) is 23.4. The van der Waals surface area contributed by atoms with E-state index >= 15 is 0 Å². The van der Waals surface area contributed by atoms with Crippen LogP contribution in [0.4, 0.5) is 4.79 Å². The Morgan fingerprint density at radius 3 is 2.71 bits per heavy atom. The maximum Gasteiger partial charge on any atom is 0.409 e. The summed E-state index contributed by atoms with van der Waals surface area (Å²) >= 11 is 0. The van der Waals surface area contributed by atoms with Gasteiger partial charge in [-0.2, -0.15) is 0 Å². The number of hydrogen-bond donors (Lipinski definition) is 1. The number of imidazole rings is 1. The standard InChI is InChI=1S/C28H33N3O4/c1-18(15-19-7-4-3-5-8-19)31-24-12-11-20-13-14-30(28(34)35-2)17-23(20)25(24)29-26(31)21-9-6-10-22(16-21)27(32)33/h3-5,7-8,11-12,18,21-22H,6,9-10,13-17H2,1-2H3,(H,32,33)/t18-,21?,22+/m1/s1. The Bertz CT molecular complexity index is 1240. The third-order valence-corrected chi connectivity index (χ3v) is 7.73. The monoisotopic (exact) mass is 475 g/mol. The van der Waals surface area contributed by atoms with Crippen LogP contribution in [-0.2, 0) is 28.9 Å². The highest BCUT2D eigenvalue weighted by atomic mass is 16.5. The Kier molecular flexibility index (Phi) is 6.50. The molecule has 0 spiro atoms. The zero-order chi connectivity index (χ0) is 24.5. The minimum absolute atomic E-state index is 0.103. The van der Waals surface area contributed by atoms with E-state index in [1.807, 2.05) is 6.07 Å². The molecule has 35 heavy (non-hydrogen) atoms. The van der Waals surface area contributed by atoms with Crippen molar-refractivity contribution in [1.82, 2.24) is 14.5 Å². The quantitative estimate of drug-likeness (QED) is 0.540. The summed E-state index contributed by atoms with van der Waals surface area (Å²) in [7, 11) is 1.42. The zero-order valence-corrected chi connectivity index (χ0v) is 20.4. The largest absolute Gasteiger partial charge is 0.481 e. The van der Waals surface area contributed by atoms with Gasteiger partial charge in [-0.15, -0.1) is 0 Å². The van der Waals surface area contributed by atoms with Gasteiger partial charge in [0.05, 0.1) is 30.6 Å². The number of aliphatic carboxylic acids is 1. The second kappa shape index (κ2) is 9.72. The molecule has 2 heterocycles. The number of amides is 1. The summed E-state index contributed by atoms with van der Waals surface area (Å²) in [6.07, 6.45) is 4.50. The predicted molar refractivity (Wildman–Crippen MR) is 133 cm³/mol. The van der Waals surface area contributed by atoms with Crippen LogP contribution in [-0.4, -0.2) is 45.3 Å². The van der Waals surface area contributed by atoms with Crippen molar-refractivity contribution >= 4 is 23.1 Å². The smallest absolute Gasteiger partial charge is 0.409 e. The van der Waals surface area contributed by atoms with Crippen LogP contribution in [0.1, 0.15) is 67.1 Å². The maximum absolute atomic E-state index is 12.3. The number of fused-ring (bicyclic) bond motifs is 3. The molecule has 1 aliphatic carbocycles. The average Bonchev–Trinajstić information content (AvgIpc) is 3.29. The molecule has 3 atom stereocenters. The molecule has 7 nitrogen and oxygen atoms in total. The summed E-state index contributed by atoms with van der Waals surface area (Å²) in [6, 6.07) is 14.9. The molecule has 3 aromatic rings. The number of methoxy groups -OCH3 is 1. The topological polar surface area (TPSA) is 84.7 Å². The van der Waals surface area contributed by atoms with E-state index < -0.39 is 5.97 Å². The number of carbonyl (C=O) groups excluding carboxylic acids is 1. The van der Waals surface area contributed by atoms with Gasteiger partial charge in [-0.3, -0.25) is 4.79 Å². The molecule has 184 valence electrons. The molecule has 2 aliphatic rings. The lowest BCUT2D eigenvalue weighted by atomic mass is 9.81. The number of ether oxygens (including phenoxy) is 1. The Morgan fingerprint density at radius 2 is 1.97 bits per heavy atom. The van der Waals surface area contributed by atoms with Crippen LogP contribution in [0.15, 0.2) is 42.5 Å². The van der Waals surface area contributed by atoms with Crippen LogP contribution in [0.25, 0.3) is 11.0 Å². The van der Waals surface area contributed by atoms with Gasteiger partial charge in [-0.1, -0.05) is 42.8 Å². The molecule has 0 saturated heterocycles. The fourth-order valence-corrected chi connectivity index (χ4v) is 5.94. The van der Waals surface area contributed by atoms with Gasteiger partial charge in [0.1, 0.15) is 5.82 Å². The van der Waals surface area contributed by atoms with Crippen molar-refractivity contribution in [3.05, 3.63) is 65.0 Å². The van der Waals surface area contributed by atoms with Gasteiger partial charge in [-0.05, 0) is 56.2 Å². The maximum atomic E-state index is 12.3. The van der Waals surface area contributed by atoms with E-state index in [2.05, 4.69) is 47.9 Å². The summed E-state index contributed by atoms with van der Waals surface area (Å²) < 4.78 is 7.33. The molecule has 2 aromatic carbocycles. The van der Waals surface area contributed by atoms with E-state index in [0.717, 1.165) is 54.5 Å². The van der Waals surface area contributed by atoms with Gasteiger partial charge in [0, 0.05) is 24.1 Å². The minimum atomic E-state index is -0.708. The first-order chi connectivity index (χ1) is 17.0. The van der Waals surface area contributed by atoms with Crippen molar-refractivity contribution in [2.24, 2.45) is 5.92 Å². The van der Waals surface area contributed by atoms with Crippen molar-refractivity contribution in [2.75, 3.05) is 13.7 Å². The molecule has 1 aromatic heterocycles. The van der Waals surface area contributed by atoms with E-state index in [0.29, 0.717) is 19.5 Å². The number of aromatic nitrogens is 2. The normalized spacial score (nSPS) is 20.9. The lowest BCUT2D eigenvalue weighted by Crippen LogP contribution is -2.35.